The molecule has 34 heavy (non-hydrogen) atoms. The van der Waals surface area contributed by atoms with E-state index in [1.807, 2.05) is 12.1 Å². The van der Waals surface area contributed by atoms with Crippen molar-refractivity contribution in [1.82, 2.24) is 4.90 Å². The normalized spacial score (nSPS) is 16.9. The highest BCUT2D eigenvalue weighted by molar-refractivity contribution is 7.91. The molecule has 0 saturated heterocycles. The number of urea groups is 1. The maximum atomic E-state index is 13.3. The molecule has 1 heterocycles. The van der Waals surface area contributed by atoms with E-state index in [2.05, 4.69) is 0 Å². The molecular weight excluding hydrogens is 469 g/mol. The first-order valence-corrected chi connectivity index (χ1v) is 11.6. The number of amides is 2. The largest absolute Gasteiger partial charge is 0.416 e. The lowest BCUT2D eigenvalue weighted by Gasteiger charge is -2.40. The van der Waals surface area contributed by atoms with Crippen LogP contribution in [0.1, 0.15) is 36.6 Å². The molecule has 1 atom stereocenters. The van der Waals surface area contributed by atoms with E-state index in [1.165, 1.54) is 45.2 Å². The van der Waals surface area contributed by atoms with Crippen molar-refractivity contribution in [3.63, 3.8) is 0 Å². The molecule has 1 unspecified atom stereocenters. The van der Waals surface area contributed by atoms with E-state index >= 15 is 0 Å². The zero-order valence-electron chi connectivity index (χ0n) is 18.4. The number of halogens is 3. The Morgan fingerprint density at radius 3 is 2.32 bits per heavy atom. The average Bonchev–Trinajstić information content (AvgIpc) is 2.80. The predicted octanol–water partition coefficient (Wildman–Crippen LogP) is 4.78. The zero-order chi connectivity index (χ0) is 25.4. The van der Waals surface area contributed by atoms with Gasteiger partial charge >= 0.3 is 12.2 Å². The van der Waals surface area contributed by atoms with Crippen molar-refractivity contribution in [2.45, 2.75) is 31.0 Å². The van der Waals surface area contributed by atoms with Crippen LogP contribution in [0, 0.1) is 22.7 Å². The number of likely N-dealkylation sites (N-methyl/N-ethyl adjacent to an activating group) is 1. The maximum Gasteiger partial charge on any atom is 0.416 e. The van der Waals surface area contributed by atoms with E-state index < -0.39 is 33.6 Å². The van der Waals surface area contributed by atoms with Crippen LogP contribution in [0.3, 0.4) is 0 Å². The topological polar surface area (TPSA) is 105 Å². The second kappa shape index (κ2) is 8.84. The summed E-state index contributed by atoms with van der Waals surface area (Å²) in [6.07, 6.45) is -4.63. The van der Waals surface area contributed by atoms with Crippen LogP contribution in [-0.2, 0) is 16.0 Å². The quantitative estimate of drug-likeness (QED) is 0.616. The van der Waals surface area contributed by atoms with E-state index in [4.69, 9.17) is 0 Å². The van der Waals surface area contributed by atoms with Crippen molar-refractivity contribution >= 4 is 21.6 Å². The van der Waals surface area contributed by atoms with Gasteiger partial charge in [-0.15, -0.1) is 0 Å². The number of carbonyl (C=O) groups excluding carboxylic acids is 1. The highest BCUT2D eigenvalue weighted by Crippen LogP contribution is 2.41. The highest BCUT2D eigenvalue weighted by atomic mass is 32.2. The number of alkyl halides is 3. The van der Waals surface area contributed by atoms with Crippen LogP contribution in [-0.4, -0.2) is 32.1 Å². The van der Waals surface area contributed by atoms with Crippen molar-refractivity contribution in [2.24, 2.45) is 0 Å². The van der Waals surface area contributed by atoms with Crippen LogP contribution >= 0.6 is 0 Å². The number of nitrogens with zero attached hydrogens (tertiary/aromatic N) is 4. The van der Waals surface area contributed by atoms with Gasteiger partial charge in [0.25, 0.3) is 0 Å². The molecule has 0 saturated carbocycles. The fourth-order valence-corrected chi connectivity index (χ4v) is 4.97. The Labute approximate surface area is 194 Å². The minimum absolute atomic E-state index is 0.0169. The minimum atomic E-state index is -4.63. The van der Waals surface area contributed by atoms with Gasteiger partial charge in [-0.1, -0.05) is 19.1 Å². The second-order valence-electron chi connectivity index (χ2n) is 7.56. The molecule has 1 aliphatic heterocycles. The Hall–Kier alpha value is -3.83. The van der Waals surface area contributed by atoms with Gasteiger partial charge in [0.1, 0.15) is 0 Å². The summed E-state index contributed by atoms with van der Waals surface area (Å²) in [6.45, 7) is 2.84. The van der Waals surface area contributed by atoms with Crippen molar-refractivity contribution in [2.75, 3.05) is 17.7 Å². The van der Waals surface area contributed by atoms with E-state index in [0.29, 0.717) is 0 Å². The van der Waals surface area contributed by atoms with Gasteiger partial charge in [0.2, 0.25) is 0 Å². The lowest BCUT2D eigenvalue weighted by atomic mass is 9.93. The van der Waals surface area contributed by atoms with Gasteiger partial charge in [-0.2, -0.15) is 23.7 Å². The Morgan fingerprint density at radius 1 is 1.09 bits per heavy atom. The van der Waals surface area contributed by atoms with Crippen LogP contribution in [0.25, 0.3) is 0 Å². The Kier molecular flexibility index (Phi) is 6.45. The molecule has 0 radical (unpaired) electrons. The van der Waals surface area contributed by atoms with Crippen LogP contribution in [0.4, 0.5) is 23.7 Å². The molecule has 0 N–H and O–H groups in total. The summed E-state index contributed by atoms with van der Waals surface area (Å²) in [7, 11) is -2.52. The third-order valence-electron chi connectivity index (χ3n) is 5.58. The summed E-state index contributed by atoms with van der Waals surface area (Å²) in [6, 6.07) is 10.1. The number of hydrogen-bond donors (Lipinski definition) is 0. The summed E-state index contributed by atoms with van der Waals surface area (Å²) in [4.78, 5) is 15.2. The Bertz CT molecular complexity index is 1390. The standard InChI is InChI=1S/C23H19F3N4O3S/c1-4-34(32,33)20-10-15(12-27)8-9-18(20)21-19(13-28)14(2)30(22(31)29(21)3)17-7-5-6-16(11-17)23(24,25)26/h5-11,21H,4H2,1-3H3. The number of hydrogen-bond acceptors (Lipinski definition) is 5. The van der Waals surface area contributed by atoms with Gasteiger partial charge in [-0.25, -0.2) is 13.2 Å². The monoisotopic (exact) mass is 488 g/mol. The van der Waals surface area contributed by atoms with E-state index in [0.717, 1.165) is 28.0 Å². The van der Waals surface area contributed by atoms with Crippen molar-refractivity contribution < 1.29 is 26.4 Å². The Balaban J connectivity index is 2.26. The summed E-state index contributed by atoms with van der Waals surface area (Å²) in [5, 5.41) is 19.2. The van der Waals surface area contributed by atoms with Crippen LogP contribution < -0.4 is 4.90 Å². The third kappa shape index (κ3) is 4.22. The van der Waals surface area contributed by atoms with Crippen molar-refractivity contribution in [1.29, 1.82) is 10.5 Å². The number of benzene rings is 2. The molecule has 176 valence electrons. The van der Waals surface area contributed by atoms with Crippen LogP contribution in [0.2, 0.25) is 0 Å². The lowest BCUT2D eigenvalue weighted by molar-refractivity contribution is -0.137. The first kappa shape index (κ1) is 24.8. The number of allylic oxidation sites excluding steroid dienone is 1. The molecule has 11 heteroatoms. The smallest absolute Gasteiger partial charge is 0.315 e. The van der Waals surface area contributed by atoms with Gasteiger partial charge in [-0.05, 0) is 42.8 Å². The number of nitriles is 2. The summed E-state index contributed by atoms with van der Waals surface area (Å²) in [5.41, 5.74) is -0.786. The van der Waals surface area contributed by atoms with Crippen molar-refractivity contribution in [3.8, 4) is 12.1 Å². The Morgan fingerprint density at radius 2 is 1.76 bits per heavy atom. The average molecular weight is 488 g/mol. The van der Waals surface area contributed by atoms with Gasteiger partial charge in [-0.3, -0.25) is 4.90 Å². The van der Waals surface area contributed by atoms with E-state index in [-0.39, 0.29) is 38.7 Å². The predicted molar refractivity (Wildman–Crippen MR) is 117 cm³/mol. The molecule has 0 fully saturated rings. The fourth-order valence-electron chi connectivity index (χ4n) is 3.81. The maximum absolute atomic E-state index is 13.3. The summed E-state index contributed by atoms with van der Waals surface area (Å²) in [5.74, 6) is -0.278. The van der Waals surface area contributed by atoms with Gasteiger partial charge < -0.3 is 4.90 Å². The minimum Gasteiger partial charge on any atom is -0.315 e. The first-order valence-electron chi connectivity index (χ1n) is 9.99. The summed E-state index contributed by atoms with van der Waals surface area (Å²) >= 11 is 0. The zero-order valence-corrected chi connectivity index (χ0v) is 19.2. The van der Waals surface area contributed by atoms with Crippen molar-refractivity contribution in [3.05, 3.63) is 70.4 Å². The molecule has 0 aliphatic carbocycles. The number of rotatable bonds is 4. The summed E-state index contributed by atoms with van der Waals surface area (Å²) < 4.78 is 65.2. The van der Waals surface area contributed by atoms with E-state index in [9.17, 15) is 36.9 Å². The van der Waals surface area contributed by atoms with E-state index in [1.54, 1.807) is 0 Å². The van der Waals surface area contributed by atoms with Crippen LogP contribution in [0.5, 0.6) is 0 Å². The second-order valence-corrected chi connectivity index (χ2v) is 9.80. The molecule has 0 spiro atoms. The number of carbonyl (C=O) groups is 1. The molecule has 2 aromatic carbocycles. The number of anilines is 1. The van der Waals surface area contributed by atoms with Gasteiger partial charge in [0.15, 0.2) is 9.84 Å². The molecule has 3 rings (SSSR count). The van der Waals surface area contributed by atoms with Gasteiger partial charge in [0.05, 0.1) is 51.2 Å². The van der Waals surface area contributed by atoms with Gasteiger partial charge in [0, 0.05) is 12.7 Å². The lowest BCUT2D eigenvalue weighted by Crippen LogP contribution is -2.47. The molecule has 2 aromatic rings. The molecule has 7 nitrogen and oxygen atoms in total. The molecule has 1 aliphatic rings. The molecule has 0 aromatic heterocycles. The third-order valence-corrected chi connectivity index (χ3v) is 7.37. The molecule has 2 amide bonds. The fraction of sp³-hybridized carbons (Fsp3) is 0.261. The molecular formula is C23H19F3N4O3S. The SMILES string of the molecule is CCS(=O)(=O)c1cc(C#N)ccc1C1C(C#N)=C(C)N(c2cccc(C(F)(F)F)c2)C(=O)N1C. The van der Waals surface area contributed by atoms with Crippen LogP contribution in [0.15, 0.2) is 58.6 Å². The highest BCUT2D eigenvalue weighted by Gasteiger charge is 2.40. The first-order chi connectivity index (χ1) is 15.9. The molecule has 0 bridgehead atoms. The number of sulfone groups is 1.